The molecule has 2 aromatic rings. The summed E-state index contributed by atoms with van der Waals surface area (Å²) < 4.78 is 5.02. The van der Waals surface area contributed by atoms with Crippen LogP contribution in [-0.4, -0.2) is 55.0 Å². The van der Waals surface area contributed by atoms with Crippen LogP contribution in [0.25, 0.3) is 0 Å². The van der Waals surface area contributed by atoms with Gasteiger partial charge in [0.15, 0.2) is 0 Å². The van der Waals surface area contributed by atoms with E-state index < -0.39 is 0 Å². The molecule has 2 amide bonds. The van der Waals surface area contributed by atoms with Gasteiger partial charge in [0, 0.05) is 25.1 Å². The molecule has 1 atom stereocenters. The monoisotopic (exact) mass is 414 g/mol. The van der Waals surface area contributed by atoms with Gasteiger partial charge in [0.2, 0.25) is 11.8 Å². The number of ether oxygens (including phenoxy) is 1. The van der Waals surface area contributed by atoms with Gasteiger partial charge in [0.05, 0.1) is 12.6 Å². The normalized spacial score (nSPS) is 16.0. The highest BCUT2D eigenvalue weighted by atomic mass is 32.1. The number of rotatable bonds is 7. The third-order valence-corrected chi connectivity index (χ3v) is 6.21. The van der Waals surface area contributed by atoms with Gasteiger partial charge in [0.1, 0.15) is 6.61 Å². The Labute approximate surface area is 177 Å². The van der Waals surface area contributed by atoms with Gasteiger partial charge in [-0.15, -0.1) is 11.3 Å². The minimum absolute atomic E-state index is 0.00390. The Morgan fingerprint density at radius 2 is 1.97 bits per heavy atom. The number of benzene rings is 1. The van der Waals surface area contributed by atoms with Crippen LogP contribution in [0.3, 0.4) is 0 Å². The van der Waals surface area contributed by atoms with Crippen molar-refractivity contribution in [1.82, 2.24) is 9.80 Å². The summed E-state index contributed by atoms with van der Waals surface area (Å²) in [6.45, 7) is 7.45. The minimum Gasteiger partial charge on any atom is -0.375 e. The van der Waals surface area contributed by atoms with Crippen LogP contribution in [-0.2, 0) is 20.7 Å². The molecule has 1 aliphatic heterocycles. The van der Waals surface area contributed by atoms with Crippen molar-refractivity contribution in [2.45, 2.75) is 33.2 Å². The predicted octanol–water partition coefficient (Wildman–Crippen LogP) is 3.66. The zero-order chi connectivity index (χ0) is 21.0. The van der Waals surface area contributed by atoms with Gasteiger partial charge in [-0.25, -0.2) is 0 Å². The van der Waals surface area contributed by atoms with Gasteiger partial charge < -0.3 is 14.5 Å². The topological polar surface area (TPSA) is 49.9 Å². The van der Waals surface area contributed by atoms with Crippen LogP contribution < -0.4 is 0 Å². The number of thiophene rings is 1. The number of carbonyl (C=O) groups excluding carboxylic acids is 2. The first-order valence-corrected chi connectivity index (χ1v) is 11.0. The summed E-state index contributed by atoms with van der Waals surface area (Å²) >= 11 is 1.76. The fraction of sp³-hybridized carbons (Fsp3) is 0.478. The Morgan fingerprint density at radius 3 is 2.62 bits per heavy atom. The average Bonchev–Trinajstić information content (AvgIpc) is 3.16. The molecule has 0 unspecified atom stereocenters. The molecule has 0 saturated heterocycles. The maximum Gasteiger partial charge on any atom is 0.249 e. The Kier molecular flexibility index (Phi) is 7.09. The lowest BCUT2D eigenvalue weighted by Crippen LogP contribution is -2.48. The summed E-state index contributed by atoms with van der Waals surface area (Å²) in [4.78, 5) is 30.8. The van der Waals surface area contributed by atoms with Crippen LogP contribution in [0.4, 0.5) is 0 Å². The standard InChI is InChI=1S/C23H30N2O3S/c1-16(2)13-24(22(27)15-28-4)14-21(26)25-11-9-20-19(10-12-29-20)23(25)18-7-5-17(3)6-8-18/h5-8,10,12,16,23H,9,11,13-15H2,1-4H3/t23-/m0/s1. The van der Waals surface area contributed by atoms with Crippen LogP contribution in [0.2, 0.25) is 0 Å². The molecule has 0 spiro atoms. The van der Waals surface area contributed by atoms with Gasteiger partial charge in [0.25, 0.3) is 0 Å². The molecular weight excluding hydrogens is 384 g/mol. The number of fused-ring (bicyclic) bond motifs is 1. The Bertz CT molecular complexity index is 844. The molecule has 29 heavy (non-hydrogen) atoms. The minimum atomic E-state index is -0.144. The zero-order valence-electron chi connectivity index (χ0n) is 17.7. The first-order valence-electron chi connectivity index (χ1n) is 10.1. The van der Waals surface area contributed by atoms with Gasteiger partial charge in [-0.05, 0) is 41.8 Å². The molecule has 1 aromatic heterocycles. The predicted molar refractivity (Wildman–Crippen MR) is 116 cm³/mol. The van der Waals surface area contributed by atoms with Crippen molar-refractivity contribution in [3.05, 3.63) is 57.3 Å². The zero-order valence-corrected chi connectivity index (χ0v) is 18.5. The molecule has 0 radical (unpaired) electrons. The number of carbonyl (C=O) groups is 2. The highest BCUT2D eigenvalue weighted by Crippen LogP contribution is 2.37. The van der Waals surface area contributed by atoms with Crippen LogP contribution in [0.5, 0.6) is 0 Å². The fourth-order valence-electron chi connectivity index (χ4n) is 3.86. The summed E-state index contributed by atoms with van der Waals surface area (Å²) in [5.74, 6) is 0.119. The molecule has 0 fully saturated rings. The van der Waals surface area contributed by atoms with E-state index in [1.165, 1.54) is 23.1 Å². The second-order valence-corrected chi connectivity index (χ2v) is 9.05. The molecule has 0 saturated carbocycles. The highest BCUT2D eigenvalue weighted by Gasteiger charge is 2.34. The van der Waals surface area contributed by atoms with Crippen LogP contribution in [0, 0.1) is 12.8 Å². The highest BCUT2D eigenvalue weighted by molar-refractivity contribution is 7.10. The summed E-state index contributed by atoms with van der Waals surface area (Å²) in [5, 5.41) is 2.10. The molecule has 0 N–H and O–H groups in total. The first-order chi connectivity index (χ1) is 13.9. The molecule has 5 nitrogen and oxygen atoms in total. The molecule has 0 bridgehead atoms. The molecule has 1 aliphatic rings. The summed E-state index contributed by atoms with van der Waals surface area (Å²) in [6, 6.07) is 10.4. The number of nitrogens with zero attached hydrogens (tertiary/aromatic N) is 2. The van der Waals surface area contributed by atoms with E-state index in [0.717, 1.165) is 12.0 Å². The van der Waals surface area contributed by atoms with Crippen molar-refractivity contribution in [2.75, 3.05) is 33.4 Å². The van der Waals surface area contributed by atoms with Gasteiger partial charge in [-0.3, -0.25) is 9.59 Å². The van der Waals surface area contributed by atoms with E-state index in [1.54, 1.807) is 16.2 Å². The maximum atomic E-state index is 13.4. The van der Waals surface area contributed by atoms with Crippen molar-refractivity contribution < 1.29 is 14.3 Å². The smallest absolute Gasteiger partial charge is 0.249 e. The van der Waals surface area contributed by atoms with E-state index in [1.807, 2.05) is 18.7 Å². The van der Waals surface area contributed by atoms with E-state index in [-0.39, 0.29) is 36.9 Å². The summed E-state index contributed by atoms with van der Waals surface area (Å²) in [7, 11) is 1.50. The lowest BCUT2D eigenvalue weighted by atomic mass is 9.92. The second-order valence-electron chi connectivity index (χ2n) is 8.05. The van der Waals surface area contributed by atoms with E-state index in [2.05, 4.69) is 42.6 Å². The molecule has 0 aliphatic carbocycles. The van der Waals surface area contributed by atoms with E-state index in [9.17, 15) is 9.59 Å². The number of hydrogen-bond acceptors (Lipinski definition) is 4. The van der Waals surface area contributed by atoms with Crippen molar-refractivity contribution in [3.8, 4) is 0 Å². The van der Waals surface area contributed by atoms with Crippen LogP contribution in [0.15, 0.2) is 35.7 Å². The van der Waals surface area contributed by atoms with E-state index in [0.29, 0.717) is 13.1 Å². The van der Waals surface area contributed by atoms with Crippen molar-refractivity contribution in [1.29, 1.82) is 0 Å². The molecule has 1 aromatic carbocycles. The van der Waals surface area contributed by atoms with Gasteiger partial charge >= 0.3 is 0 Å². The lowest BCUT2D eigenvalue weighted by Gasteiger charge is -2.38. The number of amides is 2. The Hall–Kier alpha value is -2.18. The van der Waals surface area contributed by atoms with Crippen molar-refractivity contribution >= 4 is 23.2 Å². The van der Waals surface area contributed by atoms with Crippen LogP contribution >= 0.6 is 11.3 Å². The molecule has 3 rings (SSSR count). The maximum absolute atomic E-state index is 13.4. The Morgan fingerprint density at radius 1 is 1.24 bits per heavy atom. The van der Waals surface area contributed by atoms with Crippen LogP contribution in [0.1, 0.15) is 41.5 Å². The molecule has 6 heteroatoms. The molecular formula is C23H30N2O3S. The van der Waals surface area contributed by atoms with E-state index >= 15 is 0 Å². The van der Waals surface area contributed by atoms with Crippen molar-refractivity contribution in [3.63, 3.8) is 0 Å². The number of methoxy groups -OCH3 is 1. The third-order valence-electron chi connectivity index (χ3n) is 5.21. The summed E-state index contributed by atoms with van der Waals surface area (Å²) in [6.07, 6.45) is 0.858. The van der Waals surface area contributed by atoms with Gasteiger partial charge in [-0.1, -0.05) is 43.7 Å². The molecule has 2 heterocycles. The lowest BCUT2D eigenvalue weighted by molar-refractivity contribution is -0.144. The Balaban J connectivity index is 1.87. The number of hydrogen-bond donors (Lipinski definition) is 0. The first kappa shape index (κ1) is 21.5. The van der Waals surface area contributed by atoms with Crippen molar-refractivity contribution in [2.24, 2.45) is 5.92 Å². The van der Waals surface area contributed by atoms with E-state index in [4.69, 9.17) is 4.74 Å². The average molecular weight is 415 g/mol. The van der Waals surface area contributed by atoms with Gasteiger partial charge in [-0.2, -0.15) is 0 Å². The second kappa shape index (κ2) is 9.55. The summed E-state index contributed by atoms with van der Waals surface area (Å²) in [5.41, 5.74) is 3.51. The number of aryl methyl sites for hydroxylation is 1. The fourth-order valence-corrected chi connectivity index (χ4v) is 4.76. The third kappa shape index (κ3) is 5.06. The quantitative estimate of drug-likeness (QED) is 0.695. The SMILES string of the molecule is COCC(=O)N(CC(=O)N1CCc2sccc2[C@@H]1c1ccc(C)cc1)CC(C)C. The molecule has 156 valence electrons. The largest absolute Gasteiger partial charge is 0.375 e.